The van der Waals surface area contributed by atoms with Gasteiger partial charge in [-0.2, -0.15) is 13.2 Å². The third-order valence-electron chi connectivity index (χ3n) is 6.25. The zero-order valence-corrected chi connectivity index (χ0v) is 17.5. The van der Waals surface area contributed by atoms with E-state index in [0.29, 0.717) is 41.0 Å². The first-order valence-corrected chi connectivity index (χ1v) is 10.5. The Bertz CT molecular complexity index is 1210. The van der Waals surface area contributed by atoms with Gasteiger partial charge in [0.05, 0.1) is 11.0 Å². The lowest BCUT2D eigenvalue weighted by Gasteiger charge is -2.17. The smallest absolute Gasteiger partial charge is 0.416 e. The highest BCUT2D eigenvalue weighted by molar-refractivity contribution is 5.95. The minimum Gasteiger partial charge on any atom is -0.454 e. The molecule has 0 radical (unpaired) electrons. The number of alkyl halides is 3. The number of ketones is 1. The van der Waals surface area contributed by atoms with Gasteiger partial charge >= 0.3 is 6.18 Å². The summed E-state index contributed by atoms with van der Waals surface area (Å²) in [5.41, 5.74) is 1.90. The summed E-state index contributed by atoms with van der Waals surface area (Å²) in [4.78, 5) is 13.3. The Morgan fingerprint density at radius 1 is 0.938 bits per heavy atom. The minimum absolute atomic E-state index is 0.0584. The average molecular weight is 438 g/mol. The lowest BCUT2D eigenvalue weighted by Crippen LogP contribution is -2.22. The molecule has 5 rings (SSSR count). The van der Waals surface area contributed by atoms with Crippen molar-refractivity contribution in [1.82, 2.24) is 0 Å². The van der Waals surface area contributed by atoms with Crippen LogP contribution in [0.2, 0.25) is 0 Å². The first-order valence-electron chi connectivity index (χ1n) is 10.5. The molecule has 0 saturated heterocycles. The molecule has 6 heteroatoms. The number of carbonyl (C=O) groups is 1. The summed E-state index contributed by atoms with van der Waals surface area (Å²) in [5, 5.41) is 0. The molecule has 0 unspecified atom stereocenters. The Morgan fingerprint density at radius 2 is 1.72 bits per heavy atom. The van der Waals surface area contributed by atoms with E-state index < -0.39 is 17.2 Å². The molecule has 0 aromatic heterocycles. The largest absolute Gasteiger partial charge is 0.454 e. The molecule has 3 aromatic rings. The number of aryl methyl sites for hydroxylation is 1. The molecule has 3 aromatic carbocycles. The van der Waals surface area contributed by atoms with Gasteiger partial charge in [0, 0.05) is 6.42 Å². The van der Waals surface area contributed by atoms with E-state index in [4.69, 9.17) is 9.47 Å². The molecule has 1 saturated carbocycles. The third kappa shape index (κ3) is 3.74. The van der Waals surface area contributed by atoms with Crippen LogP contribution in [0, 0.1) is 6.92 Å². The fraction of sp³-hybridized carbons (Fsp3) is 0.269. The second kappa shape index (κ2) is 7.40. The summed E-state index contributed by atoms with van der Waals surface area (Å²) in [6, 6.07) is 16.7. The fourth-order valence-electron chi connectivity index (χ4n) is 4.35. The standard InChI is InChI=1S/C26H21F3O3/c1-16-3-2-4-18(9-16)19-10-17(11-21(13-19)26(27,28)29)12-24(30)25(7-8-25)20-5-6-22-23(14-20)32-15-31-22/h2-6,9-11,13-14H,7-8,12,15H2,1H3. The van der Waals surface area contributed by atoms with E-state index in [2.05, 4.69) is 0 Å². The summed E-state index contributed by atoms with van der Waals surface area (Å²) in [7, 11) is 0. The number of ether oxygens (including phenoxy) is 2. The summed E-state index contributed by atoms with van der Waals surface area (Å²) in [6.45, 7) is 2.04. The van der Waals surface area contributed by atoms with Gasteiger partial charge in [0.1, 0.15) is 5.78 Å². The third-order valence-corrected chi connectivity index (χ3v) is 6.25. The van der Waals surface area contributed by atoms with Crippen molar-refractivity contribution in [1.29, 1.82) is 0 Å². The highest BCUT2D eigenvalue weighted by Crippen LogP contribution is 2.51. The number of fused-ring (bicyclic) bond motifs is 1. The molecule has 0 N–H and O–H groups in total. The van der Waals surface area contributed by atoms with Gasteiger partial charge in [-0.3, -0.25) is 4.79 Å². The summed E-state index contributed by atoms with van der Waals surface area (Å²) < 4.78 is 51.6. The molecule has 2 aliphatic rings. The maximum absolute atomic E-state index is 13.6. The van der Waals surface area contributed by atoms with Gasteiger partial charge in [-0.05, 0) is 66.3 Å². The lowest BCUT2D eigenvalue weighted by atomic mass is 9.86. The summed E-state index contributed by atoms with van der Waals surface area (Å²) in [6.07, 6.45) is -3.20. The topological polar surface area (TPSA) is 35.5 Å². The van der Waals surface area contributed by atoms with Crippen molar-refractivity contribution >= 4 is 5.78 Å². The van der Waals surface area contributed by atoms with E-state index in [1.54, 1.807) is 18.2 Å². The van der Waals surface area contributed by atoms with Crippen molar-refractivity contribution in [2.75, 3.05) is 6.79 Å². The normalized spacial score (nSPS) is 16.1. The fourth-order valence-corrected chi connectivity index (χ4v) is 4.35. The van der Waals surface area contributed by atoms with Gasteiger partial charge in [-0.25, -0.2) is 0 Å². The molecular weight excluding hydrogens is 417 g/mol. The van der Waals surface area contributed by atoms with Gasteiger partial charge in [-0.15, -0.1) is 0 Å². The molecule has 3 nitrogen and oxygen atoms in total. The van der Waals surface area contributed by atoms with E-state index in [1.807, 2.05) is 37.3 Å². The molecule has 1 fully saturated rings. The molecule has 1 aliphatic heterocycles. The Morgan fingerprint density at radius 3 is 2.44 bits per heavy atom. The number of hydrogen-bond acceptors (Lipinski definition) is 3. The van der Waals surface area contributed by atoms with Crippen LogP contribution in [0.4, 0.5) is 13.2 Å². The molecule has 32 heavy (non-hydrogen) atoms. The second-order valence-corrected chi connectivity index (χ2v) is 8.54. The van der Waals surface area contributed by atoms with Crippen molar-refractivity contribution in [3.05, 3.63) is 82.9 Å². The van der Waals surface area contributed by atoms with Gasteiger partial charge in [0.2, 0.25) is 6.79 Å². The highest BCUT2D eigenvalue weighted by atomic mass is 19.4. The van der Waals surface area contributed by atoms with E-state index >= 15 is 0 Å². The van der Waals surface area contributed by atoms with E-state index in [-0.39, 0.29) is 19.0 Å². The van der Waals surface area contributed by atoms with Crippen LogP contribution in [0.15, 0.2) is 60.7 Å². The number of hydrogen-bond donors (Lipinski definition) is 0. The maximum atomic E-state index is 13.6. The van der Waals surface area contributed by atoms with E-state index in [0.717, 1.165) is 23.3 Å². The van der Waals surface area contributed by atoms with Crippen LogP contribution in [0.1, 0.15) is 35.1 Å². The van der Waals surface area contributed by atoms with Crippen LogP contribution >= 0.6 is 0 Å². The van der Waals surface area contributed by atoms with E-state index in [1.165, 1.54) is 0 Å². The van der Waals surface area contributed by atoms with Crippen LogP contribution in [0.3, 0.4) is 0 Å². The van der Waals surface area contributed by atoms with Crippen molar-refractivity contribution in [3.8, 4) is 22.6 Å². The Kier molecular flexibility index (Phi) is 4.77. The first-order chi connectivity index (χ1) is 15.2. The molecule has 1 heterocycles. The predicted octanol–water partition coefficient (Wildman–Crippen LogP) is 6.25. The van der Waals surface area contributed by atoms with Gasteiger partial charge in [0.25, 0.3) is 0 Å². The van der Waals surface area contributed by atoms with Crippen molar-refractivity contribution < 1.29 is 27.4 Å². The number of Topliss-reactive ketones (excluding diaryl/α,β-unsaturated/α-hetero) is 1. The summed E-state index contributed by atoms with van der Waals surface area (Å²) in [5.74, 6) is 1.16. The molecule has 0 spiro atoms. The molecule has 164 valence electrons. The summed E-state index contributed by atoms with van der Waals surface area (Å²) >= 11 is 0. The van der Waals surface area contributed by atoms with Crippen molar-refractivity contribution in [2.24, 2.45) is 0 Å². The number of rotatable bonds is 5. The average Bonchev–Trinajstić information content (AvgIpc) is 3.44. The lowest BCUT2D eigenvalue weighted by molar-refractivity contribution is -0.137. The number of carbonyl (C=O) groups excluding carboxylic acids is 1. The molecule has 0 bridgehead atoms. The quantitative estimate of drug-likeness (QED) is 0.472. The number of halogens is 3. The monoisotopic (exact) mass is 438 g/mol. The molecule has 1 aliphatic carbocycles. The van der Waals surface area contributed by atoms with Crippen LogP contribution < -0.4 is 9.47 Å². The van der Waals surface area contributed by atoms with Gasteiger partial charge < -0.3 is 9.47 Å². The SMILES string of the molecule is Cc1cccc(-c2cc(CC(=O)C3(c4ccc5c(c4)OCO5)CC3)cc(C(F)(F)F)c2)c1. The minimum atomic E-state index is -4.49. The molecule has 0 amide bonds. The maximum Gasteiger partial charge on any atom is 0.416 e. The predicted molar refractivity (Wildman–Crippen MR) is 114 cm³/mol. The Balaban J connectivity index is 1.48. The van der Waals surface area contributed by atoms with Gasteiger partial charge in [-0.1, -0.05) is 42.0 Å². The Hall–Kier alpha value is -3.28. The first kappa shape index (κ1) is 20.6. The second-order valence-electron chi connectivity index (χ2n) is 8.54. The molecule has 0 atom stereocenters. The van der Waals surface area contributed by atoms with Crippen LogP contribution in [0.25, 0.3) is 11.1 Å². The zero-order chi connectivity index (χ0) is 22.5. The van der Waals surface area contributed by atoms with Gasteiger partial charge in [0.15, 0.2) is 11.5 Å². The zero-order valence-electron chi connectivity index (χ0n) is 17.5. The highest BCUT2D eigenvalue weighted by Gasteiger charge is 2.51. The van der Waals surface area contributed by atoms with Crippen LogP contribution in [-0.2, 0) is 22.8 Å². The van der Waals surface area contributed by atoms with Crippen LogP contribution in [0.5, 0.6) is 11.5 Å². The Labute approximate surface area is 183 Å². The van der Waals surface area contributed by atoms with Crippen LogP contribution in [-0.4, -0.2) is 12.6 Å². The van der Waals surface area contributed by atoms with Crippen molar-refractivity contribution in [2.45, 2.75) is 37.8 Å². The van der Waals surface area contributed by atoms with E-state index in [9.17, 15) is 18.0 Å². The van der Waals surface area contributed by atoms with Crippen molar-refractivity contribution in [3.63, 3.8) is 0 Å². The molecular formula is C26H21F3O3. The number of benzene rings is 3.